The van der Waals surface area contributed by atoms with Crippen LogP contribution in [-0.2, 0) is 14.3 Å². The summed E-state index contributed by atoms with van der Waals surface area (Å²) < 4.78 is 4.65. The van der Waals surface area contributed by atoms with Gasteiger partial charge in [0, 0.05) is 25.7 Å². The van der Waals surface area contributed by atoms with Gasteiger partial charge in [-0.3, -0.25) is 9.59 Å². The van der Waals surface area contributed by atoms with Crippen LogP contribution in [0.25, 0.3) is 0 Å². The molecule has 0 fully saturated rings. The van der Waals surface area contributed by atoms with Crippen LogP contribution in [0.5, 0.6) is 0 Å². The van der Waals surface area contributed by atoms with E-state index in [2.05, 4.69) is 4.74 Å². The lowest BCUT2D eigenvalue weighted by atomic mass is 10.2. The quantitative estimate of drug-likeness (QED) is 0.685. The molecule has 6 heteroatoms. The lowest BCUT2D eigenvalue weighted by Gasteiger charge is -2.26. The van der Waals surface area contributed by atoms with Gasteiger partial charge in [0.15, 0.2) is 0 Å². The van der Waals surface area contributed by atoms with E-state index in [9.17, 15) is 14.4 Å². The monoisotopic (exact) mass is 334 g/mol. The topological polar surface area (TPSA) is 66.9 Å². The first kappa shape index (κ1) is 19.7. The van der Waals surface area contributed by atoms with Gasteiger partial charge in [-0.2, -0.15) is 0 Å². The van der Waals surface area contributed by atoms with Gasteiger partial charge < -0.3 is 14.5 Å². The molecule has 0 aliphatic rings. The molecule has 6 nitrogen and oxygen atoms in total. The Morgan fingerprint density at radius 2 is 1.54 bits per heavy atom. The number of hydrogen-bond donors (Lipinski definition) is 0. The van der Waals surface area contributed by atoms with E-state index in [1.165, 1.54) is 18.9 Å². The zero-order valence-electron chi connectivity index (χ0n) is 14.9. The van der Waals surface area contributed by atoms with Crippen LogP contribution in [0.1, 0.15) is 44.0 Å². The van der Waals surface area contributed by atoms with Crippen LogP contribution >= 0.6 is 0 Å². The molecule has 0 heterocycles. The van der Waals surface area contributed by atoms with Crippen LogP contribution in [0, 0.1) is 0 Å². The second kappa shape index (κ2) is 9.70. The zero-order valence-corrected chi connectivity index (χ0v) is 14.9. The van der Waals surface area contributed by atoms with E-state index in [4.69, 9.17) is 0 Å². The van der Waals surface area contributed by atoms with Crippen molar-refractivity contribution in [1.29, 1.82) is 0 Å². The first-order valence-corrected chi connectivity index (χ1v) is 8.18. The second-order valence-electron chi connectivity index (χ2n) is 5.52. The van der Waals surface area contributed by atoms with Crippen molar-refractivity contribution in [2.24, 2.45) is 0 Å². The van der Waals surface area contributed by atoms with Crippen LogP contribution in [0.2, 0.25) is 0 Å². The van der Waals surface area contributed by atoms with E-state index in [1.54, 1.807) is 29.2 Å². The molecule has 0 unspecified atom stereocenters. The molecule has 1 rings (SSSR count). The van der Waals surface area contributed by atoms with E-state index in [-0.39, 0.29) is 18.4 Å². The summed E-state index contributed by atoms with van der Waals surface area (Å²) in [4.78, 5) is 39.1. The minimum atomic E-state index is -0.441. The van der Waals surface area contributed by atoms with Crippen molar-refractivity contribution < 1.29 is 19.1 Å². The number of ether oxygens (including phenoxy) is 1. The van der Waals surface area contributed by atoms with Gasteiger partial charge in [-0.25, -0.2) is 4.79 Å². The lowest BCUT2D eigenvalue weighted by molar-refractivity contribution is -0.131. The summed E-state index contributed by atoms with van der Waals surface area (Å²) >= 11 is 0. The number of benzene rings is 1. The largest absolute Gasteiger partial charge is 0.465 e. The zero-order chi connectivity index (χ0) is 18.1. The Morgan fingerprint density at radius 1 is 1.00 bits per heavy atom. The molecule has 1 aromatic carbocycles. The lowest BCUT2D eigenvalue weighted by Crippen LogP contribution is -2.43. The Hall–Kier alpha value is -2.37. The van der Waals surface area contributed by atoms with E-state index in [1.807, 2.05) is 13.8 Å². The number of hydrogen-bond acceptors (Lipinski definition) is 4. The Bertz CT molecular complexity index is 563. The number of rotatable bonds is 8. The smallest absolute Gasteiger partial charge is 0.337 e. The van der Waals surface area contributed by atoms with Crippen molar-refractivity contribution in [3.05, 3.63) is 29.8 Å². The maximum atomic E-state index is 12.5. The molecule has 0 aromatic heterocycles. The van der Waals surface area contributed by atoms with Crippen LogP contribution in [0.15, 0.2) is 24.3 Å². The molecule has 0 aliphatic heterocycles. The first-order chi connectivity index (χ1) is 11.4. The van der Waals surface area contributed by atoms with Gasteiger partial charge in [0.1, 0.15) is 6.54 Å². The summed E-state index contributed by atoms with van der Waals surface area (Å²) in [6.45, 7) is 6.81. The van der Waals surface area contributed by atoms with Crippen molar-refractivity contribution >= 4 is 23.5 Å². The molecule has 2 amide bonds. The average Bonchev–Trinajstić information content (AvgIpc) is 2.58. The molecule has 0 aliphatic carbocycles. The second-order valence-corrected chi connectivity index (χ2v) is 5.52. The van der Waals surface area contributed by atoms with Gasteiger partial charge in [0.25, 0.3) is 0 Å². The highest BCUT2D eigenvalue weighted by molar-refractivity contribution is 5.98. The Morgan fingerprint density at radius 3 is 1.96 bits per heavy atom. The minimum Gasteiger partial charge on any atom is -0.465 e. The summed E-state index contributed by atoms with van der Waals surface area (Å²) in [5, 5.41) is 0. The molecule has 0 bridgehead atoms. The van der Waals surface area contributed by atoms with Crippen LogP contribution < -0.4 is 4.90 Å². The molecule has 0 radical (unpaired) electrons. The summed E-state index contributed by atoms with van der Waals surface area (Å²) in [5.74, 6) is -0.739. The maximum Gasteiger partial charge on any atom is 0.337 e. The number of carbonyl (C=O) groups is 3. The average molecular weight is 334 g/mol. The molecular weight excluding hydrogens is 308 g/mol. The predicted octanol–water partition coefficient (Wildman–Crippen LogP) is 2.47. The van der Waals surface area contributed by atoms with E-state index < -0.39 is 5.97 Å². The fourth-order valence-electron chi connectivity index (χ4n) is 2.42. The molecule has 132 valence electrons. The minimum absolute atomic E-state index is 0.00704. The van der Waals surface area contributed by atoms with E-state index in [0.717, 1.165) is 12.8 Å². The summed E-state index contributed by atoms with van der Waals surface area (Å²) in [6.07, 6.45) is 1.75. The fourth-order valence-corrected chi connectivity index (χ4v) is 2.42. The van der Waals surface area contributed by atoms with Crippen molar-refractivity contribution in [2.45, 2.75) is 33.6 Å². The van der Waals surface area contributed by atoms with Crippen molar-refractivity contribution in [3.63, 3.8) is 0 Å². The summed E-state index contributed by atoms with van der Waals surface area (Å²) in [5.41, 5.74) is 0.978. The predicted molar refractivity (Wildman–Crippen MR) is 93.0 cm³/mol. The van der Waals surface area contributed by atoms with E-state index >= 15 is 0 Å². The van der Waals surface area contributed by atoms with Gasteiger partial charge in [-0.15, -0.1) is 0 Å². The Labute approximate surface area is 143 Å². The Balaban J connectivity index is 2.92. The number of carbonyl (C=O) groups excluding carboxylic acids is 3. The standard InChI is InChI=1S/C18H26N2O4/c1-5-11-19(12-6-2)17(22)13-20(14(3)21)16-9-7-15(8-10-16)18(23)24-4/h7-10H,5-6,11-13H2,1-4H3. The highest BCUT2D eigenvalue weighted by Crippen LogP contribution is 2.16. The molecule has 0 saturated heterocycles. The normalized spacial score (nSPS) is 10.2. The third-order valence-corrected chi connectivity index (χ3v) is 3.61. The van der Waals surface area contributed by atoms with Crippen molar-refractivity contribution in [3.8, 4) is 0 Å². The van der Waals surface area contributed by atoms with Crippen LogP contribution in [-0.4, -0.2) is 49.4 Å². The molecule has 0 spiro atoms. The van der Waals surface area contributed by atoms with Crippen molar-refractivity contribution in [2.75, 3.05) is 31.6 Å². The molecule has 0 N–H and O–H groups in total. The molecule has 1 aromatic rings. The van der Waals surface area contributed by atoms with Gasteiger partial charge in [-0.05, 0) is 37.1 Å². The highest BCUT2D eigenvalue weighted by atomic mass is 16.5. The summed E-state index contributed by atoms with van der Waals surface area (Å²) in [7, 11) is 1.31. The summed E-state index contributed by atoms with van der Waals surface area (Å²) in [6, 6.07) is 6.45. The third-order valence-electron chi connectivity index (χ3n) is 3.61. The van der Waals surface area contributed by atoms with Gasteiger partial charge in [0.05, 0.1) is 12.7 Å². The highest BCUT2D eigenvalue weighted by Gasteiger charge is 2.20. The Kier molecular flexibility index (Phi) is 7.95. The number of methoxy groups -OCH3 is 1. The van der Waals surface area contributed by atoms with Crippen LogP contribution in [0.3, 0.4) is 0 Å². The number of nitrogens with zero attached hydrogens (tertiary/aromatic N) is 2. The van der Waals surface area contributed by atoms with Gasteiger partial charge in [-0.1, -0.05) is 13.8 Å². The SMILES string of the molecule is CCCN(CCC)C(=O)CN(C(C)=O)c1ccc(C(=O)OC)cc1. The number of anilines is 1. The number of esters is 1. The van der Waals surface area contributed by atoms with Gasteiger partial charge >= 0.3 is 5.97 Å². The molecular formula is C18H26N2O4. The number of amides is 2. The van der Waals surface area contributed by atoms with E-state index in [0.29, 0.717) is 24.3 Å². The van der Waals surface area contributed by atoms with Gasteiger partial charge in [0.2, 0.25) is 11.8 Å². The maximum absolute atomic E-state index is 12.5. The molecule has 0 atom stereocenters. The van der Waals surface area contributed by atoms with Crippen molar-refractivity contribution in [1.82, 2.24) is 4.90 Å². The van der Waals surface area contributed by atoms with Crippen LogP contribution in [0.4, 0.5) is 5.69 Å². The molecule has 0 saturated carbocycles. The molecule has 24 heavy (non-hydrogen) atoms. The fraction of sp³-hybridized carbons (Fsp3) is 0.500. The first-order valence-electron chi connectivity index (χ1n) is 8.18. The third kappa shape index (κ3) is 5.37.